The Morgan fingerprint density at radius 1 is 1.38 bits per heavy atom. The van der Waals surface area contributed by atoms with Gasteiger partial charge in [-0.15, -0.1) is 0 Å². The number of hydrogen-bond acceptors (Lipinski definition) is 3. The Labute approximate surface area is 143 Å². The van der Waals surface area contributed by atoms with Gasteiger partial charge >= 0.3 is 0 Å². The molecule has 0 atom stereocenters. The fraction of sp³-hybridized carbons (Fsp3) is 0.474. The second-order valence-corrected chi connectivity index (χ2v) is 6.60. The summed E-state index contributed by atoms with van der Waals surface area (Å²) in [4.78, 5) is 21.5. The molecule has 1 aliphatic rings. The number of nitrogens with one attached hydrogen (secondary N) is 2. The summed E-state index contributed by atoms with van der Waals surface area (Å²) in [7, 11) is 0. The van der Waals surface area contributed by atoms with Crippen LogP contribution in [0.25, 0.3) is 11.0 Å². The topological polar surface area (TPSA) is 61.0 Å². The molecule has 0 unspecified atom stereocenters. The summed E-state index contributed by atoms with van der Waals surface area (Å²) in [5.74, 6) is 1.12. The van der Waals surface area contributed by atoms with Crippen molar-refractivity contribution in [2.24, 2.45) is 0 Å². The number of H-pyrrole nitrogens is 1. The molecule has 5 heteroatoms. The fourth-order valence-electron chi connectivity index (χ4n) is 3.14. The zero-order valence-electron chi connectivity index (χ0n) is 14.6. The minimum absolute atomic E-state index is 0.0501. The Morgan fingerprint density at radius 2 is 2.25 bits per heavy atom. The predicted octanol–water partition coefficient (Wildman–Crippen LogP) is 2.57. The molecule has 0 radical (unpaired) electrons. The van der Waals surface area contributed by atoms with Crippen LogP contribution < -0.4 is 5.32 Å². The van der Waals surface area contributed by atoms with Gasteiger partial charge in [-0.05, 0) is 37.5 Å². The van der Waals surface area contributed by atoms with Gasteiger partial charge < -0.3 is 10.3 Å². The second-order valence-electron chi connectivity index (χ2n) is 6.60. The third-order valence-corrected chi connectivity index (χ3v) is 4.56. The van der Waals surface area contributed by atoms with Gasteiger partial charge in [0.05, 0.1) is 11.0 Å². The van der Waals surface area contributed by atoms with Gasteiger partial charge in [0.25, 0.3) is 0 Å². The first kappa shape index (κ1) is 16.7. The van der Waals surface area contributed by atoms with E-state index in [0.717, 1.165) is 62.3 Å². The number of hydrogen-bond donors (Lipinski definition) is 2. The van der Waals surface area contributed by atoms with Crippen molar-refractivity contribution in [1.82, 2.24) is 20.2 Å². The lowest BCUT2D eigenvalue weighted by atomic mass is 10.0. The molecule has 3 rings (SSSR count). The third-order valence-electron chi connectivity index (χ3n) is 4.56. The van der Waals surface area contributed by atoms with E-state index in [9.17, 15) is 4.79 Å². The molecule has 0 fully saturated rings. The maximum absolute atomic E-state index is 10.9. The first-order valence-electron chi connectivity index (χ1n) is 8.70. The first-order valence-corrected chi connectivity index (χ1v) is 8.70. The van der Waals surface area contributed by atoms with Crippen molar-refractivity contribution in [3.05, 3.63) is 41.2 Å². The van der Waals surface area contributed by atoms with Gasteiger partial charge in [0.2, 0.25) is 5.91 Å². The van der Waals surface area contributed by atoms with Crippen molar-refractivity contribution in [2.75, 3.05) is 26.2 Å². The summed E-state index contributed by atoms with van der Waals surface area (Å²) >= 11 is 0. The maximum atomic E-state index is 10.9. The van der Waals surface area contributed by atoms with Gasteiger partial charge in [0, 0.05) is 39.5 Å². The number of fused-ring (bicyclic) bond motifs is 1. The molecule has 2 heterocycles. The van der Waals surface area contributed by atoms with Crippen LogP contribution in [-0.4, -0.2) is 47.0 Å². The molecule has 128 valence electrons. The average molecular weight is 326 g/mol. The number of aromatic amines is 1. The third kappa shape index (κ3) is 4.45. The molecular weight excluding hydrogens is 300 g/mol. The highest BCUT2D eigenvalue weighted by Crippen LogP contribution is 2.16. The number of carbonyl (C=O) groups is 1. The molecule has 0 aliphatic carbocycles. The van der Waals surface area contributed by atoms with E-state index in [2.05, 4.69) is 51.4 Å². The molecule has 1 aliphatic heterocycles. The van der Waals surface area contributed by atoms with E-state index in [4.69, 9.17) is 0 Å². The lowest BCUT2D eigenvalue weighted by Gasteiger charge is -2.26. The van der Waals surface area contributed by atoms with Crippen LogP contribution in [0.2, 0.25) is 0 Å². The Morgan fingerprint density at radius 3 is 3.00 bits per heavy atom. The van der Waals surface area contributed by atoms with Gasteiger partial charge in [-0.25, -0.2) is 4.98 Å². The number of aryl methyl sites for hydroxylation is 1. The SMILES string of the molecule is CC(=O)NCCC1=CCN(CCc2nc3ccc(C)cc3[nH]2)CC1. The van der Waals surface area contributed by atoms with E-state index in [1.165, 1.54) is 11.1 Å². The zero-order valence-corrected chi connectivity index (χ0v) is 14.6. The minimum atomic E-state index is 0.0501. The van der Waals surface area contributed by atoms with E-state index in [0.29, 0.717) is 0 Å². The molecule has 0 spiro atoms. The predicted molar refractivity (Wildman–Crippen MR) is 97.0 cm³/mol. The number of nitrogens with zero attached hydrogens (tertiary/aromatic N) is 2. The second kappa shape index (κ2) is 7.62. The average Bonchev–Trinajstić information content (AvgIpc) is 2.96. The van der Waals surface area contributed by atoms with Crippen LogP contribution in [0.5, 0.6) is 0 Å². The minimum Gasteiger partial charge on any atom is -0.356 e. The summed E-state index contributed by atoms with van der Waals surface area (Å²) in [6, 6.07) is 6.33. The normalized spacial score (nSPS) is 15.5. The molecule has 1 aromatic heterocycles. The van der Waals surface area contributed by atoms with Crippen molar-refractivity contribution in [3.63, 3.8) is 0 Å². The molecule has 2 aromatic rings. The summed E-state index contributed by atoms with van der Waals surface area (Å²) in [5.41, 5.74) is 4.89. The quantitative estimate of drug-likeness (QED) is 0.802. The molecular formula is C19H26N4O. The van der Waals surface area contributed by atoms with Crippen molar-refractivity contribution >= 4 is 16.9 Å². The van der Waals surface area contributed by atoms with E-state index in [-0.39, 0.29) is 5.91 Å². The molecule has 2 N–H and O–H groups in total. The van der Waals surface area contributed by atoms with Crippen LogP contribution in [0.4, 0.5) is 0 Å². The molecule has 1 aromatic carbocycles. The summed E-state index contributed by atoms with van der Waals surface area (Å²) in [5, 5.41) is 2.86. The number of rotatable bonds is 6. The highest BCUT2D eigenvalue weighted by Gasteiger charge is 2.12. The number of aromatic nitrogens is 2. The Balaban J connectivity index is 1.47. The number of benzene rings is 1. The van der Waals surface area contributed by atoms with Gasteiger partial charge in [0.1, 0.15) is 5.82 Å². The van der Waals surface area contributed by atoms with Crippen LogP contribution >= 0.6 is 0 Å². The van der Waals surface area contributed by atoms with Crippen LogP contribution in [0.3, 0.4) is 0 Å². The zero-order chi connectivity index (χ0) is 16.9. The molecule has 5 nitrogen and oxygen atoms in total. The monoisotopic (exact) mass is 326 g/mol. The molecule has 24 heavy (non-hydrogen) atoms. The van der Waals surface area contributed by atoms with Gasteiger partial charge in [-0.2, -0.15) is 0 Å². The molecule has 0 saturated carbocycles. The summed E-state index contributed by atoms with van der Waals surface area (Å²) < 4.78 is 0. The molecule has 0 saturated heterocycles. The van der Waals surface area contributed by atoms with Crippen LogP contribution in [0, 0.1) is 6.92 Å². The van der Waals surface area contributed by atoms with E-state index in [1.807, 2.05) is 0 Å². The number of imidazole rings is 1. The van der Waals surface area contributed by atoms with Crippen molar-refractivity contribution in [3.8, 4) is 0 Å². The van der Waals surface area contributed by atoms with E-state index < -0.39 is 0 Å². The van der Waals surface area contributed by atoms with Crippen molar-refractivity contribution in [1.29, 1.82) is 0 Å². The van der Waals surface area contributed by atoms with Crippen LogP contribution in [0.15, 0.2) is 29.8 Å². The van der Waals surface area contributed by atoms with Gasteiger partial charge in [0.15, 0.2) is 0 Å². The Bertz CT molecular complexity index is 747. The largest absolute Gasteiger partial charge is 0.356 e. The number of amides is 1. The maximum Gasteiger partial charge on any atom is 0.216 e. The summed E-state index contributed by atoms with van der Waals surface area (Å²) in [6.07, 6.45) is 5.32. The molecule has 1 amide bonds. The van der Waals surface area contributed by atoms with Crippen molar-refractivity contribution in [2.45, 2.75) is 33.1 Å². The van der Waals surface area contributed by atoms with Gasteiger partial charge in [-0.1, -0.05) is 17.7 Å². The van der Waals surface area contributed by atoms with E-state index >= 15 is 0 Å². The lowest BCUT2D eigenvalue weighted by Crippen LogP contribution is -2.31. The molecule has 0 bridgehead atoms. The lowest BCUT2D eigenvalue weighted by molar-refractivity contribution is -0.118. The Kier molecular flexibility index (Phi) is 5.30. The smallest absolute Gasteiger partial charge is 0.216 e. The highest BCUT2D eigenvalue weighted by atomic mass is 16.1. The first-order chi connectivity index (χ1) is 11.6. The Hall–Kier alpha value is -2.14. The fourth-order valence-corrected chi connectivity index (χ4v) is 3.14. The van der Waals surface area contributed by atoms with Crippen LogP contribution in [-0.2, 0) is 11.2 Å². The van der Waals surface area contributed by atoms with Gasteiger partial charge in [-0.3, -0.25) is 9.69 Å². The highest BCUT2D eigenvalue weighted by molar-refractivity contribution is 5.75. The van der Waals surface area contributed by atoms with Crippen LogP contribution in [0.1, 0.15) is 31.2 Å². The van der Waals surface area contributed by atoms with E-state index in [1.54, 1.807) is 6.92 Å². The number of carbonyl (C=O) groups excluding carboxylic acids is 1. The standard InChI is InChI=1S/C19H26N4O/c1-14-3-4-17-18(13-14)22-19(21-17)8-12-23-10-6-16(7-11-23)5-9-20-15(2)24/h3-4,6,13H,5,7-12H2,1-2H3,(H,20,24)(H,21,22). The summed E-state index contributed by atoms with van der Waals surface area (Å²) in [6.45, 7) is 7.52. The van der Waals surface area contributed by atoms with Crippen molar-refractivity contribution < 1.29 is 4.79 Å².